The summed E-state index contributed by atoms with van der Waals surface area (Å²) in [6.07, 6.45) is 6.56. The number of amides is 1. The summed E-state index contributed by atoms with van der Waals surface area (Å²) in [7, 11) is 3.50. The SMILES string of the molecule is Cc1nn(C)cc1C(=O)N(C)C[C@]1(O)CCCN(c2ncccn2)C1. The van der Waals surface area contributed by atoms with Crippen LogP contribution in [0, 0.1) is 6.92 Å². The van der Waals surface area contributed by atoms with Crippen LogP contribution < -0.4 is 4.90 Å². The fourth-order valence-corrected chi connectivity index (χ4v) is 3.40. The first-order chi connectivity index (χ1) is 11.9. The van der Waals surface area contributed by atoms with Gasteiger partial charge in [0.1, 0.15) is 0 Å². The van der Waals surface area contributed by atoms with Gasteiger partial charge in [-0.15, -0.1) is 0 Å². The molecule has 3 heterocycles. The number of hydrogen-bond donors (Lipinski definition) is 1. The number of hydrogen-bond acceptors (Lipinski definition) is 6. The molecule has 134 valence electrons. The smallest absolute Gasteiger partial charge is 0.257 e. The largest absolute Gasteiger partial charge is 0.386 e. The van der Waals surface area contributed by atoms with E-state index < -0.39 is 5.60 Å². The maximum atomic E-state index is 12.7. The van der Waals surface area contributed by atoms with Crippen molar-refractivity contribution in [2.45, 2.75) is 25.4 Å². The van der Waals surface area contributed by atoms with Gasteiger partial charge in [-0.3, -0.25) is 9.48 Å². The van der Waals surface area contributed by atoms with Crippen molar-refractivity contribution in [1.29, 1.82) is 0 Å². The Morgan fingerprint density at radius 3 is 2.76 bits per heavy atom. The highest BCUT2D eigenvalue weighted by Crippen LogP contribution is 2.25. The van der Waals surface area contributed by atoms with Gasteiger partial charge in [-0.2, -0.15) is 5.10 Å². The highest BCUT2D eigenvalue weighted by Gasteiger charge is 2.36. The van der Waals surface area contributed by atoms with E-state index in [1.165, 1.54) is 0 Å². The van der Waals surface area contributed by atoms with Gasteiger partial charge >= 0.3 is 0 Å². The van der Waals surface area contributed by atoms with Gasteiger partial charge in [0.2, 0.25) is 5.95 Å². The molecule has 0 aliphatic carbocycles. The molecule has 1 fully saturated rings. The molecule has 2 aromatic rings. The van der Waals surface area contributed by atoms with E-state index in [1.54, 1.807) is 48.3 Å². The number of aromatic nitrogens is 4. The van der Waals surface area contributed by atoms with E-state index in [-0.39, 0.29) is 12.5 Å². The fourth-order valence-electron chi connectivity index (χ4n) is 3.40. The minimum Gasteiger partial charge on any atom is -0.386 e. The number of carbonyl (C=O) groups excluding carboxylic acids is 1. The van der Waals surface area contributed by atoms with E-state index in [0.29, 0.717) is 30.2 Å². The summed E-state index contributed by atoms with van der Waals surface area (Å²) in [6, 6.07) is 1.77. The van der Waals surface area contributed by atoms with Crippen molar-refractivity contribution in [2.75, 3.05) is 31.6 Å². The van der Waals surface area contributed by atoms with Gasteiger partial charge in [-0.25, -0.2) is 9.97 Å². The van der Waals surface area contributed by atoms with Crippen molar-refractivity contribution in [3.63, 3.8) is 0 Å². The first-order valence-corrected chi connectivity index (χ1v) is 8.38. The Balaban J connectivity index is 1.70. The van der Waals surface area contributed by atoms with Gasteiger partial charge in [0.25, 0.3) is 5.91 Å². The number of piperidine rings is 1. The van der Waals surface area contributed by atoms with Crippen molar-refractivity contribution >= 4 is 11.9 Å². The van der Waals surface area contributed by atoms with Crippen LogP contribution in [-0.2, 0) is 7.05 Å². The maximum absolute atomic E-state index is 12.7. The van der Waals surface area contributed by atoms with E-state index in [1.807, 2.05) is 11.8 Å². The number of aryl methyl sites for hydroxylation is 2. The summed E-state index contributed by atoms with van der Waals surface area (Å²) in [4.78, 5) is 24.7. The molecule has 1 saturated heterocycles. The number of carbonyl (C=O) groups is 1. The minimum absolute atomic E-state index is 0.132. The monoisotopic (exact) mass is 344 g/mol. The van der Waals surface area contributed by atoms with Gasteiger partial charge in [-0.05, 0) is 25.8 Å². The zero-order valence-corrected chi connectivity index (χ0v) is 14.9. The lowest BCUT2D eigenvalue weighted by atomic mass is 9.92. The maximum Gasteiger partial charge on any atom is 0.257 e. The summed E-state index contributed by atoms with van der Waals surface area (Å²) < 4.78 is 1.63. The van der Waals surface area contributed by atoms with Crippen molar-refractivity contribution < 1.29 is 9.90 Å². The predicted molar refractivity (Wildman–Crippen MR) is 93.3 cm³/mol. The Hall–Kier alpha value is -2.48. The molecule has 0 aromatic carbocycles. The van der Waals surface area contributed by atoms with Crippen LogP contribution in [-0.4, -0.2) is 67.9 Å². The third-order valence-corrected chi connectivity index (χ3v) is 4.51. The second kappa shape index (κ2) is 6.79. The van der Waals surface area contributed by atoms with Crippen molar-refractivity contribution in [3.8, 4) is 0 Å². The van der Waals surface area contributed by atoms with E-state index in [4.69, 9.17) is 0 Å². The van der Waals surface area contributed by atoms with Gasteiger partial charge in [0, 0.05) is 39.2 Å². The van der Waals surface area contributed by atoms with Crippen LogP contribution in [0.5, 0.6) is 0 Å². The minimum atomic E-state index is -0.988. The molecule has 1 aliphatic heterocycles. The lowest BCUT2D eigenvalue weighted by molar-refractivity contribution is -0.000320. The lowest BCUT2D eigenvalue weighted by Gasteiger charge is -2.41. The molecule has 0 bridgehead atoms. The van der Waals surface area contributed by atoms with Gasteiger partial charge in [0.05, 0.1) is 29.9 Å². The molecule has 1 aliphatic rings. The summed E-state index contributed by atoms with van der Waals surface area (Å²) >= 11 is 0. The molecule has 2 aromatic heterocycles. The first kappa shape index (κ1) is 17.3. The zero-order chi connectivity index (χ0) is 18.0. The molecule has 8 heteroatoms. The molecule has 8 nitrogen and oxygen atoms in total. The Morgan fingerprint density at radius 1 is 1.40 bits per heavy atom. The number of nitrogens with zero attached hydrogens (tertiary/aromatic N) is 6. The van der Waals surface area contributed by atoms with Crippen LogP contribution in [0.3, 0.4) is 0 Å². The molecular formula is C17H24N6O2. The van der Waals surface area contributed by atoms with Crippen LogP contribution in [0.25, 0.3) is 0 Å². The average molecular weight is 344 g/mol. The standard InChI is InChI=1S/C17H24N6O2/c1-13-14(10-22(3)20-13)15(24)21(2)11-17(25)6-4-9-23(12-17)16-18-7-5-8-19-16/h5,7-8,10,25H,4,6,9,11-12H2,1-3H3/t17-/m1/s1. The second-order valence-electron chi connectivity index (χ2n) is 6.76. The van der Waals surface area contributed by atoms with Crippen molar-refractivity contribution in [1.82, 2.24) is 24.6 Å². The highest BCUT2D eigenvalue weighted by molar-refractivity contribution is 5.94. The quantitative estimate of drug-likeness (QED) is 0.875. The molecule has 0 unspecified atom stereocenters. The summed E-state index contributed by atoms with van der Waals surface area (Å²) in [5, 5.41) is 15.2. The van der Waals surface area contributed by atoms with Crippen LogP contribution in [0.1, 0.15) is 28.9 Å². The number of likely N-dealkylation sites (N-methyl/N-ethyl adjacent to an activating group) is 1. The summed E-state index contributed by atoms with van der Waals surface area (Å²) in [6.45, 7) is 3.26. The van der Waals surface area contributed by atoms with E-state index in [2.05, 4.69) is 15.1 Å². The van der Waals surface area contributed by atoms with Gasteiger partial charge < -0.3 is 14.9 Å². The van der Waals surface area contributed by atoms with E-state index in [9.17, 15) is 9.90 Å². The summed E-state index contributed by atoms with van der Waals surface area (Å²) in [5.74, 6) is 0.477. The molecule has 1 amide bonds. The zero-order valence-electron chi connectivity index (χ0n) is 14.9. The lowest BCUT2D eigenvalue weighted by Crippen LogP contribution is -2.55. The van der Waals surface area contributed by atoms with Gasteiger partial charge in [0.15, 0.2) is 0 Å². The first-order valence-electron chi connectivity index (χ1n) is 8.38. The van der Waals surface area contributed by atoms with Gasteiger partial charge in [-0.1, -0.05) is 0 Å². The normalized spacial score (nSPS) is 20.6. The summed E-state index contributed by atoms with van der Waals surface area (Å²) in [5.41, 5.74) is 0.264. The number of aliphatic hydroxyl groups is 1. The third kappa shape index (κ3) is 3.79. The molecule has 3 rings (SSSR count). The molecule has 1 atom stereocenters. The second-order valence-corrected chi connectivity index (χ2v) is 6.76. The molecule has 0 saturated carbocycles. The molecule has 1 N–H and O–H groups in total. The number of rotatable bonds is 4. The predicted octanol–water partition coefficient (Wildman–Crippen LogP) is 0.622. The average Bonchev–Trinajstić information content (AvgIpc) is 2.93. The van der Waals surface area contributed by atoms with Crippen LogP contribution >= 0.6 is 0 Å². The molecule has 0 spiro atoms. The molecular weight excluding hydrogens is 320 g/mol. The highest BCUT2D eigenvalue weighted by atomic mass is 16.3. The van der Waals surface area contributed by atoms with E-state index in [0.717, 1.165) is 13.0 Å². The van der Waals surface area contributed by atoms with Crippen molar-refractivity contribution in [2.24, 2.45) is 7.05 Å². The Labute approximate surface area is 147 Å². The Morgan fingerprint density at radius 2 is 2.12 bits per heavy atom. The molecule has 25 heavy (non-hydrogen) atoms. The van der Waals surface area contributed by atoms with Crippen LogP contribution in [0.15, 0.2) is 24.7 Å². The Kier molecular flexibility index (Phi) is 4.71. The molecule has 0 radical (unpaired) electrons. The van der Waals surface area contributed by atoms with Crippen LogP contribution in [0.4, 0.5) is 5.95 Å². The topological polar surface area (TPSA) is 87.4 Å². The van der Waals surface area contributed by atoms with E-state index >= 15 is 0 Å². The fraction of sp³-hybridized carbons (Fsp3) is 0.529. The number of β-amino-alcohol motifs (C(OH)–C–C–N with tert-alkyl or cyclic N) is 1. The Bertz CT molecular complexity index is 747. The third-order valence-electron chi connectivity index (χ3n) is 4.51. The number of anilines is 1. The van der Waals surface area contributed by atoms with Crippen LogP contribution in [0.2, 0.25) is 0 Å². The van der Waals surface area contributed by atoms with Crippen molar-refractivity contribution in [3.05, 3.63) is 35.9 Å².